The molecule has 0 saturated heterocycles. The smallest absolute Gasteiger partial charge is 0.230 e. The summed E-state index contributed by atoms with van der Waals surface area (Å²) in [7, 11) is -1.69. The number of nitrogens with one attached hydrogen (secondary N) is 1. The molecule has 1 aromatic rings. The highest BCUT2D eigenvalue weighted by atomic mass is 31.2. The van der Waals surface area contributed by atoms with Gasteiger partial charge in [0.1, 0.15) is 11.5 Å². The zero-order chi connectivity index (χ0) is 21.5. The quantitative estimate of drug-likeness (QED) is 0.701. The number of amides is 1. The number of aliphatic hydroxyl groups excluding tert-OH is 1. The van der Waals surface area contributed by atoms with Gasteiger partial charge in [-0.15, -0.1) is 0 Å². The molecule has 3 atom stereocenters. The van der Waals surface area contributed by atoms with Crippen LogP contribution in [-0.4, -0.2) is 41.8 Å². The Hall–Kier alpha value is -1.52. The molecule has 1 amide bonds. The van der Waals surface area contributed by atoms with E-state index in [0.717, 1.165) is 0 Å². The Morgan fingerprint density at radius 1 is 1.29 bits per heavy atom. The second kappa shape index (κ2) is 7.72. The molecular formula is C21H34NO5P. The van der Waals surface area contributed by atoms with E-state index in [-0.39, 0.29) is 24.5 Å². The number of fused-ring (bicyclic) bond motifs is 1. The number of rotatable bonds is 6. The van der Waals surface area contributed by atoms with E-state index in [0.29, 0.717) is 16.8 Å². The van der Waals surface area contributed by atoms with E-state index in [1.54, 1.807) is 39.2 Å². The minimum atomic E-state index is -3.23. The van der Waals surface area contributed by atoms with Gasteiger partial charge in [0, 0.05) is 5.16 Å². The van der Waals surface area contributed by atoms with Gasteiger partial charge in [0.25, 0.3) is 0 Å². The molecule has 158 valence electrons. The van der Waals surface area contributed by atoms with Crippen molar-refractivity contribution in [3.8, 4) is 11.5 Å². The van der Waals surface area contributed by atoms with Crippen LogP contribution in [0.4, 0.5) is 0 Å². The first-order valence-corrected chi connectivity index (χ1v) is 11.5. The van der Waals surface area contributed by atoms with Gasteiger partial charge in [-0.05, 0) is 31.9 Å². The van der Waals surface area contributed by atoms with Crippen LogP contribution in [0, 0.1) is 11.3 Å². The number of carbonyl (C=O) groups is 1. The highest BCUT2D eigenvalue weighted by molar-refractivity contribution is 7.74. The SMILES string of the molecule is COc1cccc2c1P(=O)(C(C)(C)C)[C@@H](C(C)(C)C(=O)NC(CO)C(C)C)O2. The van der Waals surface area contributed by atoms with Crippen molar-refractivity contribution in [1.82, 2.24) is 5.32 Å². The summed E-state index contributed by atoms with van der Waals surface area (Å²) in [6.07, 6.45) is 0. The maximum atomic E-state index is 14.6. The Kier molecular flexibility index (Phi) is 6.28. The highest BCUT2D eigenvalue weighted by Gasteiger charge is 2.61. The van der Waals surface area contributed by atoms with Crippen LogP contribution in [0.2, 0.25) is 0 Å². The molecule has 0 radical (unpaired) electrons. The van der Waals surface area contributed by atoms with Gasteiger partial charge in [-0.25, -0.2) is 0 Å². The van der Waals surface area contributed by atoms with Crippen LogP contribution in [0.25, 0.3) is 0 Å². The Labute approximate surface area is 168 Å². The molecule has 2 rings (SSSR count). The van der Waals surface area contributed by atoms with Gasteiger partial charge in [-0.2, -0.15) is 0 Å². The number of ether oxygens (including phenoxy) is 2. The molecule has 0 spiro atoms. The van der Waals surface area contributed by atoms with E-state index < -0.39 is 23.6 Å². The Morgan fingerprint density at radius 2 is 1.89 bits per heavy atom. The average molecular weight is 411 g/mol. The molecule has 0 aromatic heterocycles. The highest BCUT2D eigenvalue weighted by Crippen LogP contribution is 2.70. The van der Waals surface area contributed by atoms with Crippen molar-refractivity contribution in [2.75, 3.05) is 13.7 Å². The van der Waals surface area contributed by atoms with Crippen molar-refractivity contribution >= 4 is 18.4 Å². The zero-order valence-electron chi connectivity index (χ0n) is 18.2. The molecule has 2 unspecified atom stereocenters. The number of benzene rings is 1. The molecule has 0 fully saturated rings. The fraction of sp³-hybridized carbons (Fsp3) is 0.667. The molecule has 2 N–H and O–H groups in total. The fourth-order valence-corrected chi connectivity index (χ4v) is 7.42. The molecule has 1 aromatic carbocycles. The standard InChI is InChI=1S/C21H34NO5P/c1-13(2)14(12-23)22-18(24)21(6,7)19-27-16-11-9-10-15(26-8)17(16)28(19,25)20(3,4)5/h9-11,13-14,19,23H,12H2,1-8H3,(H,22,24)/t14?,19-,28?/m0/s1. The van der Waals surface area contributed by atoms with Crippen LogP contribution in [0.15, 0.2) is 18.2 Å². The summed E-state index contributed by atoms with van der Waals surface area (Å²) in [5.41, 5.74) is -1.09. The first-order chi connectivity index (χ1) is 12.8. The number of hydrogen-bond donors (Lipinski definition) is 2. The number of methoxy groups -OCH3 is 1. The summed E-state index contributed by atoms with van der Waals surface area (Å²) in [4.78, 5) is 13.2. The Morgan fingerprint density at radius 3 is 2.36 bits per heavy atom. The number of aliphatic hydroxyl groups is 1. The predicted molar refractivity (Wildman–Crippen MR) is 112 cm³/mol. The van der Waals surface area contributed by atoms with Crippen molar-refractivity contribution in [3.63, 3.8) is 0 Å². The van der Waals surface area contributed by atoms with Gasteiger partial charge in [-0.3, -0.25) is 4.79 Å². The van der Waals surface area contributed by atoms with Crippen LogP contribution in [0.5, 0.6) is 11.5 Å². The van der Waals surface area contributed by atoms with Crippen LogP contribution >= 0.6 is 7.14 Å². The Bertz CT molecular complexity index is 781. The second-order valence-corrected chi connectivity index (χ2v) is 12.9. The van der Waals surface area contributed by atoms with E-state index in [1.807, 2.05) is 34.6 Å². The third-order valence-corrected chi connectivity index (χ3v) is 10.1. The third kappa shape index (κ3) is 3.57. The van der Waals surface area contributed by atoms with E-state index >= 15 is 0 Å². The summed E-state index contributed by atoms with van der Waals surface area (Å²) < 4.78 is 26.3. The molecule has 0 saturated carbocycles. The van der Waals surface area contributed by atoms with Crippen LogP contribution in [-0.2, 0) is 9.36 Å². The predicted octanol–water partition coefficient (Wildman–Crippen LogP) is 3.36. The van der Waals surface area contributed by atoms with E-state index in [1.165, 1.54) is 0 Å². The van der Waals surface area contributed by atoms with Gasteiger partial charge in [0.05, 0.1) is 30.5 Å². The van der Waals surface area contributed by atoms with Crippen LogP contribution in [0.3, 0.4) is 0 Å². The summed E-state index contributed by atoms with van der Waals surface area (Å²) in [6, 6.07) is 4.96. The van der Waals surface area contributed by atoms with Crippen LogP contribution in [0.1, 0.15) is 48.5 Å². The Balaban J connectivity index is 2.55. The molecular weight excluding hydrogens is 377 g/mol. The van der Waals surface area contributed by atoms with Gasteiger partial charge >= 0.3 is 0 Å². The molecule has 1 heterocycles. The van der Waals surface area contributed by atoms with Gasteiger partial charge < -0.3 is 24.5 Å². The third-order valence-electron chi connectivity index (χ3n) is 5.60. The lowest BCUT2D eigenvalue weighted by Crippen LogP contribution is -2.52. The maximum Gasteiger partial charge on any atom is 0.230 e. The summed E-state index contributed by atoms with van der Waals surface area (Å²) in [6.45, 7) is 12.9. The summed E-state index contributed by atoms with van der Waals surface area (Å²) in [5.74, 6) is -0.0313. The molecule has 1 aliphatic heterocycles. The second-order valence-electron chi connectivity index (χ2n) is 9.33. The first-order valence-electron chi connectivity index (χ1n) is 9.68. The molecule has 7 heteroatoms. The largest absolute Gasteiger partial charge is 0.496 e. The van der Waals surface area contributed by atoms with Gasteiger partial charge in [-0.1, -0.05) is 40.7 Å². The van der Waals surface area contributed by atoms with E-state index in [9.17, 15) is 14.5 Å². The van der Waals surface area contributed by atoms with Crippen molar-refractivity contribution < 1.29 is 23.9 Å². The molecule has 28 heavy (non-hydrogen) atoms. The fourth-order valence-electron chi connectivity index (χ4n) is 3.58. The minimum absolute atomic E-state index is 0.0703. The monoisotopic (exact) mass is 411 g/mol. The number of hydrogen-bond acceptors (Lipinski definition) is 5. The maximum absolute atomic E-state index is 14.6. The van der Waals surface area contributed by atoms with E-state index in [2.05, 4.69) is 5.32 Å². The molecule has 0 aliphatic carbocycles. The normalized spacial score (nSPS) is 23.1. The van der Waals surface area contributed by atoms with Crippen LogP contribution < -0.4 is 20.1 Å². The lowest BCUT2D eigenvalue weighted by Gasteiger charge is -2.39. The lowest BCUT2D eigenvalue weighted by molar-refractivity contribution is -0.133. The zero-order valence-corrected chi connectivity index (χ0v) is 19.1. The molecule has 0 bridgehead atoms. The average Bonchev–Trinajstić information content (AvgIpc) is 2.94. The van der Waals surface area contributed by atoms with Crippen molar-refractivity contribution in [1.29, 1.82) is 0 Å². The number of carbonyl (C=O) groups excluding carboxylic acids is 1. The van der Waals surface area contributed by atoms with Crippen molar-refractivity contribution in [2.24, 2.45) is 11.3 Å². The van der Waals surface area contributed by atoms with E-state index in [4.69, 9.17) is 9.47 Å². The molecule has 6 nitrogen and oxygen atoms in total. The van der Waals surface area contributed by atoms with Gasteiger partial charge in [0.2, 0.25) is 5.91 Å². The van der Waals surface area contributed by atoms with Crippen molar-refractivity contribution in [2.45, 2.75) is 65.5 Å². The topological polar surface area (TPSA) is 84.9 Å². The first kappa shape index (κ1) is 22.8. The van der Waals surface area contributed by atoms with Gasteiger partial charge in [0.15, 0.2) is 13.0 Å². The summed E-state index contributed by atoms with van der Waals surface area (Å²) >= 11 is 0. The minimum Gasteiger partial charge on any atom is -0.496 e. The van der Waals surface area contributed by atoms with Crippen molar-refractivity contribution in [3.05, 3.63) is 18.2 Å². The molecule has 1 aliphatic rings. The lowest BCUT2D eigenvalue weighted by atomic mass is 9.91. The summed E-state index contributed by atoms with van der Waals surface area (Å²) in [5, 5.41) is 12.4.